The van der Waals surface area contributed by atoms with Crippen LogP contribution in [0.15, 0.2) is 22.6 Å². The maximum atomic E-state index is 12.9. The monoisotopic (exact) mass is 222 g/mol. The first kappa shape index (κ1) is 10.7. The summed E-state index contributed by atoms with van der Waals surface area (Å²) in [6.07, 6.45) is 0.451. The van der Waals surface area contributed by atoms with Gasteiger partial charge in [0.2, 0.25) is 0 Å². The van der Waals surface area contributed by atoms with Gasteiger partial charge in [-0.15, -0.1) is 0 Å². The van der Waals surface area contributed by atoms with Crippen LogP contribution in [0.2, 0.25) is 0 Å². The van der Waals surface area contributed by atoms with Gasteiger partial charge in [0, 0.05) is 23.4 Å². The number of carboxylic acids is 1. The van der Waals surface area contributed by atoms with E-state index >= 15 is 0 Å². The zero-order valence-corrected chi connectivity index (χ0v) is 8.79. The third kappa shape index (κ3) is 1.91. The molecule has 0 aliphatic carbocycles. The summed E-state index contributed by atoms with van der Waals surface area (Å²) in [6, 6.07) is 4.28. The number of furan rings is 1. The van der Waals surface area contributed by atoms with Crippen molar-refractivity contribution in [2.75, 3.05) is 0 Å². The van der Waals surface area contributed by atoms with E-state index < -0.39 is 5.97 Å². The van der Waals surface area contributed by atoms with Crippen LogP contribution in [0, 0.1) is 12.7 Å². The van der Waals surface area contributed by atoms with Gasteiger partial charge in [-0.3, -0.25) is 4.79 Å². The second-order valence-electron chi connectivity index (χ2n) is 3.67. The average Bonchev–Trinajstić information content (AvgIpc) is 2.50. The van der Waals surface area contributed by atoms with E-state index in [4.69, 9.17) is 9.52 Å². The molecule has 0 fully saturated rings. The van der Waals surface area contributed by atoms with E-state index in [0.717, 1.165) is 10.9 Å². The van der Waals surface area contributed by atoms with Gasteiger partial charge in [-0.2, -0.15) is 0 Å². The van der Waals surface area contributed by atoms with Crippen LogP contribution >= 0.6 is 0 Å². The van der Waals surface area contributed by atoms with Crippen molar-refractivity contribution in [3.63, 3.8) is 0 Å². The molecule has 0 saturated heterocycles. The topological polar surface area (TPSA) is 50.4 Å². The second kappa shape index (κ2) is 3.96. The molecular formula is C12H11FO3. The van der Waals surface area contributed by atoms with E-state index in [1.165, 1.54) is 12.1 Å². The molecule has 0 unspecified atom stereocenters. The Kier molecular flexibility index (Phi) is 2.64. The highest BCUT2D eigenvalue weighted by Crippen LogP contribution is 2.27. The lowest BCUT2D eigenvalue weighted by atomic mass is 10.1. The van der Waals surface area contributed by atoms with Gasteiger partial charge in [0.05, 0.1) is 0 Å². The minimum atomic E-state index is -0.851. The number of halogens is 1. The van der Waals surface area contributed by atoms with E-state index in [-0.39, 0.29) is 12.2 Å². The van der Waals surface area contributed by atoms with Crippen LogP contribution in [0.3, 0.4) is 0 Å². The summed E-state index contributed by atoms with van der Waals surface area (Å²) in [4.78, 5) is 10.5. The maximum absolute atomic E-state index is 12.9. The lowest BCUT2D eigenvalue weighted by Gasteiger charge is -1.96. The molecule has 0 atom stereocenters. The molecule has 3 nitrogen and oxygen atoms in total. The number of hydrogen-bond acceptors (Lipinski definition) is 2. The molecule has 1 heterocycles. The SMILES string of the molecule is Cc1oc2cc(F)ccc2c1CCC(=O)O. The van der Waals surface area contributed by atoms with Gasteiger partial charge in [0.1, 0.15) is 17.2 Å². The molecule has 0 aliphatic rings. The summed E-state index contributed by atoms with van der Waals surface area (Å²) >= 11 is 0. The lowest BCUT2D eigenvalue weighted by Crippen LogP contribution is -1.97. The zero-order chi connectivity index (χ0) is 11.7. The Labute approximate surface area is 91.5 Å². The maximum Gasteiger partial charge on any atom is 0.303 e. The average molecular weight is 222 g/mol. The van der Waals surface area contributed by atoms with Crippen molar-refractivity contribution in [1.29, 1.82) is 0 Å². The van der Waals surface area contributed by atoms with Crippen LogP contribution in [0.25, 0.3) is 11.0 Å². The standard InChI is InChI=1S/C12H11FO3/c1-7-9(4-5-12(14)15)10-3-2-8(13)6-11(10)16-7/h2-3,6H,4-5H2,1H3,(H,14,15). The number of carbonyl (C=O) groups is 1. The molecule has 0 amide bonds. The normalized spacial score (nSPS) is 10.9. The van der Waals surface area contributed by atoms with Crippen LogP contribution in [0.1, 0.15) is 17.7 Å². The molecule has 0 saturated carbocycles. The quantitative estimate of drug-likeness (QED) is 0.868. The van der Waals surface area contributed by atoms with Crippen molar-refractivity contribution in [2.45, 2.75) is 19.8 Å². The first-order valence-corrected chi connectivity index (χ1v) is 4.97. The van der Waals surface area contributed by atoms with Gasteiger partial charge >= 0.3 is 5.97 Å². The Morgan fingerprint density at radius 2 is 2.25 bits per heavy atom. The molecule has 4 heteroatoms. The van der Waals surface area contributed by atoms with Crippen molar-refractivity contribution >= 4 is 16.9 Å². The third-order valence-electron chi connectivity index (χ3n) is 2.55. The Hall–Kier alpha value is -1.84. The first-order chi connectivity index (χ1) is 7.58. The van der Waals surface area contributed by atoms with Crippen LogP contribution < -0.4 is 0 Å². The summed E-state index contributed by atoms with van der Waals surface area (Å²) in [7, 11) is 0. The van der Waals surface area contributed by atoms with Gasteiger partial charge in [-0.05, 0) is 25.5 Å². The first-order valence-electron chi connectivity index (χ1n) is 4.97. The van der Waals surface area contributed by atoms with Crippen LogP contribution in [0.4, 0.5) is 4.39 Å². The molecular weight excluding hydrogens is 211 g/mol. The predicted octanol–water partition coefficient (Wildman–Crippen LogP) is 2.90. The molecule has 0 spiro atoms. The highest BCUT2D eigenvalue weighted by molar-refractivity contribution is 5.82. The van der Waals surface area contributed by atoms with Crippen molar-refractivity contribution in [3.8, 4) is 0 Å². The summed E-state index contributed by atoms with van der Waals surface area (Å²) < 4.78 is 18.3. The molecule has 1 aromatic carbocycles. The Bertz CT molecular complexity index is 542. The molecule has 0 bridgehead atoms. The van der Waals surface area contributed by atoms with Gasteiger partial charge in [-0.1, -0.05) is 0 Å². The summed E-state index contributed by atoms with van der Waals surface area (Å²) in [5.41, 5.74) is 1.32. The van der Waals surface area contributed by atoms with Crippen LogP contribution in [-0.2, 0) is 11.2 Å². The van der Waals surface area contributed by atoms with E-state index in [2.05, 4.69) is 0 Å². The van der Waals surface area contributed by atoms with Crippen molar-refractivity contribution in [2.24, 2.45) is 0 Å². The minimum absolute atomic E-state index is 0.0485. The molecule has 1 aromatic heterocycles. The fourth-order valence-corrected chi connectivity index (χ4v) is 1.79. The smallest absolute Gasteiger partial charge is 0.303 e. The highest BCUT2D eigenvalue weighted by Gasteiger charge is 2.12. The molecule has 0 aliphatic heterocycles. The third-order valence-corrected chi connectivity index (χ3v) is 2.55. The molecule has 16 heavy (non-hydrogen) atoms. The van der Waals surface area contributed by atoms with Crippen molar-refractivity contribution in [1.82, 2.24) is 0 Å². The largest absolute Gasteiger partial charge is 0.481 e. The minimum Gasteiger partial charge on any atom is -0.481 e. The second-order valence-corrected chi connectivity index (χ2v) is 3.67. The van der Waals surface area contributed by atoms with E-state index in [9.17, 15) is 9.18 Å². The lowest BCUT2D eigenvalue weighted by molar-refractivity contribution is -0.136. The zero-order valence-electron chi connectivity index (χ0n) is 8.79. The van der Waals surface area contributed by atoms with E-state index in [1.807, 2.05) is 0 Å². The number of rotatable bonds is 3. The van der Waals surface area contributed by atoms with E-state index in [0.29, 0.717) is 17.8 Å². The number of hydrogen-bond donors (Lipinski definition) is 1. The Morgan fingerprint density at radius 3 is 2.94 bits per heavy atom. The molecule has 2 rings (SSSR count). The van der Waals surface area contributed by atoms with Gasteiger partial charge in [0.25, 0.3) is 0 Å². The summed E-state index contributed by atoms with van der Waals surface area (Å²) in [6.45, 7) is 1.76. The van der Waals surface area contributed by atoms with E-state index in [1.54, 1.807) is 13.0 Å². The number of benzene rings is 1. The Morgan fingerprint density at radius 1 is 1.50 bits per heavy atom. The predicted molar refractivity (Wildman–Crippen MR) is 56.9 cm³/mol. The number of aryl methyl sites for hydroxylation is 2. The van der Waals surface area contributed by atoms with Gasteiger partial charge in [0.15, 0.2) is 0 Å². The van der Waals surface area contributed by atoms with Gasteiger partial charge < -0.3 is 9.52 Å². The number of fused-ring (bicyclic) bond motifs is 1. The molecule has 2 aromatic rings. The van der Waals surface area contributed by atoms with Crippen LogP contribution in [-0.4, -0.2) is 11.1 Å². The fraction of sp³-hybridized carbons (Fsp3) is 0.250. The number of carboxylic acid groups (broad SMARTS) is 1. The number of aliphatic carboxylic acids is 1. The van der Waals surface area contributed by atoms with Crippen molar-refractivity contribution in [3.05, 3.63) is 35.3 Å². The molecule has 84 valence electrons. The van der Waals surface area contributed by atoms with Gasteiger partial charge in [-0.25, -0.2) is 4.39 Å². The molecule has 1 N–H and O–H groups in total. The summed E-state index contributed by atoms with van der Waals surface area (Å²) in [5.74, 6) is -0.552. The van der Waals surface area contributed by atoms with Crippen LogP contribution in [0.5, 0.6) is 0 Å². The highest BCUT2D eigenvalue weighted by atomic mass is 19.1. The van der Waals surface area contributed by atoms with Crippen molar-refractivity contribution < 1.29 is 18.7 Å². The Balaban J connectivity index is 2.43. The molecule has 0 radical (unpaired) electrons. The summed E-state index contributed by atoms with van der Waals surface area (Å²) in [5, 5.41) is 9.42. The fourth-order valence-electron chi connectivity index (χ4n) is 1.79.